The molecule has 1 aromatic carbocycles. The average Bonchev–Trinajstić information content (AvgIpc) is 2.90. The average molecular weight is 471 g/mol. The zero-order valence-corrected chi connectivity index (χ0v) is 19.1. The number of pyridine rings is 1. The molecule has 5 rings (SSSR count). The summed E-state index contributed by atoms with van der Waals surface area (Å²) in [6, 6.07) is 12.5. The highest BCUT2D eigenvalue weighted by molar-refractivity contribution is 5.93. The van der Waals surface area contributed by atoms with E-state index in [0.717, 1.165) is 24.8 Å². The van der Waals surface area contributed by atoms with Crippen molar-refractivity contribution in [2.75, 3.05) is 6.54 Å². The minimum atomic E-state index is -0.342. The van der Waals surface area contributed by atoms with Crippen LogP contribution < -0.4 is 4.74 Å². The van der Waals surface area contributed by atoms with Crippen LogP contribution in [0.15, 0.2) is 67.3 Å². The number of ether oxygens (including phenoxy) is 1. The first-order valence-electron chi connectivity index (χ1n) is 11.4. The van der Waals surface area contributed by atoms with E-state index < -0.39 is 0 Å². The van der Waals surface area contributed by atoms with Gasteiger partial charge in [-0.05, 0) is 62.6 Å². The quantitative estimate of drug-likeness (QED) is 0.408. The zero-order chi connectivity index (χ0) is 24.2. The Bertz CT molecular complexity index is 1330. The van der Waals surface area contributed by atoms with Crippen molar-refractivity contribution < 1.29 is 13.9 Å². The first-order valence-corrected chi connectivity index (χ1v) is 11.4. The Morgan fingerprint density at radius 3 is 2.63 bits per heavy atom. The molecule has 1 atom stereocenters. The zero-order valence-electron chi connectivity index (χ0n) is 19.1. The highest BCUT2D eigenvalue weighted by atomic mass is 19.1. The third-order valence-corrected chi connectivity index (χ3v) is 5.77. The van der Waals surface area contributed by atoms with Gasteiger partial charge >= 0.3 is 0 Å². The number of amides is 1. The topological polar surface area (TPSA) is 94.0 Å². The van der Waals surface area contributed by atoms with E-state index in [0.29, 0.717) is 41.1 Å². The van der Waals surface area contributed by atoms with Gasteiger partial charge in [-0.25, -0.2) is 24.3 Å². The normalized spacial score (nSPS) is 15.6. The number of hydrogen-bond acceptors (Lipinski definition) is 7. The van der Waals surface area contributed by atoms with Crippen molar-refractivity contribution in [3.63, 3.8) is 0 Å². The molecule has 1 amide bonds. The fraction of sp³-hybridized carbons (Fsp3) is 0.231. The van der Waals surface area contributed by atoms with Gasteiger partial charge in [0.2, 0.25) is 5.88 Å². The van der Waals surface area contributed by atoms with Crippen LogP contribution in [-0.2, 0) is 0 Å². The fourth-order valence-corrected chi connectivity index (χ4v) is 4.12. The lowest BCUT2D eigenvalue weighted by Gasteiger charge is -2.34. The first-order chi connectivity index (χ1) is 17.1. The molecule has 0 radical (unpaired) electrons. The van der Waals surface area contributed by atoms with E-state index in [9.17, 15) is 9.18 Å². The van der Waals surface area contributed by atoms with E-state index in [4.69, 9.17) is 4.74 Å². The van der Waals surface area contributed by atoms with E-state index in [-0.39, 0.29) is 17.8 Å². The largest absolute Gasteiger partial charge is 0.439 e. The Kier molecular flexibility index (Phi) is 6.38. The molecule has 1 aliphatic rings. The summed E-state index contributed by atoms with van der Waals surface area (Å²) in [5.74, 6) is 0.812. The van der Waals surface area contributed by atoms with Crippen LogP contribution >= 0.6 is 0 Å². The van der Waals surface area contributed by atoms with Gasteiger partial charge in [0.05, 0.1) is 11.7 Å². The molecule has 0 spiro atoms. The van der Waals surface area contributed by atoms with Crippen LogP contribution in [0.5, 0.6) is 11.6 Å². The predicted octanol–water partition coefficient (Wildman–Crippen LogP) is 4.94. The van der Waals surface area contributed by atoms with Gasteiger partial charge in [0.1, 0.15) is 23.6 Å². The summed E-state index contributed by atoms with van der Waals surface area (Å²) in [7, 11) is 0. The number of aryl methyl sites for hydroxylation is 1. The predicted molar refractivity (Wildman–Crippen MR) is 126 cm³/mol. The van der Waals surface area contributed by atoms with E-state index in [1.54, 1.807) is 47.6 Å². The molecule has 4 heterocycles. The maximum atomic E-state index is 13.6. The molecule has 9 heteroatoms. The van der Waals surface area contributed by atoms with Crippen LogP contribution in [0.4, 0.5) is 4.39 Å². The molecule has 1 unspecified atom stereocenters. The molecular weight excluding hydrogens is 447 g/mol. The SMILES string of the molecule is Cc1cc(Oc2ccc(F)cc2)nc(C2CCCCN2C(=O)c2cccc(-c3cncnc3)n2)n1. The van der Waals surface area contributed by atoms with Gasteiger partial charge in [-0.2, -0.15) is 4.98 Å². The second-order valence-electron chi connectivity index (χ2n) is 8.31. The summed E-state index contributed by atoms with van der Waals surface area (Å²) in [6.45, 7) is 2.43. The van der Waals surface area contributed by atoms with Crippen molar-refractivity contribution in [2.24, 2.45) is 0 Å². The van der Waals surface area contributed by atoms with Gasteiger partial charge in [-0.1, -0.05) is 6.07 Å². The van der Waals surface area contributed by atoms with Gasteiger partial charge in [0.15, 0.2) is 5.82 Å². The Morgan fingerprint density at radius 1 is 1.03 bits per heavy atom. The molecule has 0 saturated carbocycles. The van der Waals surface area contributed by atoms with Crippen LogP contribution in [0, 0.1) is 12.7 Å². The van der Waals surface area contributed by atoms with Crippen molar-refractivity contribution in [3.05, 3.63) is 90.3 Å². The molecule has 1 aliphatic heterocycles. The number of benzene rings is 1. The molecule has 8 nitrogen and oxygen atoms in total. The summed E-state index contributed by atoms with van der Waals surface area (Å²) >= 11 is 0. The summed E-state index contributed by atoms with van der Waals surface area (Å²) in [5.41, 5.74) is 2.43. The summed E-state index contributed by atoms with van der Waals surface area (Å²) in [5, 5.41) is 0. The molecule has 0 bridgehead atoms. The number of rotatable bonds is 5. The van der Waals surface area contributed by atoms with Crippen LogP contribution in [0.3, 0.4) is 0 Å². The number of aromatic nitrogens is 5. The number of hydrogen-bond donors (Lipinski definition) is 0. The summed E-state index contributed by atoms with van der Waals surface area (Å²) in [4.78, 5) is 37.2. The van der Waals surface area contributed by atoms with Crippen LogP contribution in [0.1, 0.15) is 47.3 Å². The van der Waals surface area contributed by atoms with Crippen molar-refractivity contribution in [3.8, 4) is 22.9 Å². The number of piperidine rings is 1. The molecule has 0 N–H and O–H groups in total. The monoisotopic (exact) mass is 470 g/mol. The van der Waals surface area contributed by atoms with Crippen molar-refractivity contribution in [1.82, 2.24) is 29.8 Å². The maximum absolute atomic E-state index is 13.6. The van der Waals surface area contributed by atoms with Gasteiger partial charge in [-0.3, -0.25) is 4.79 Å². The summed E-state index contributed by atoms with van der Waals surface area (Å²) in [6.07, 6.45) is 7.35. The van der Waals surface area contributed by atoms with Crippen molar-refractivity contribution in [2.45, 2.75) is 32.2 Å². The highest BCUT2D eigenvalue weighted by Crippen LogP contribution is 2.32. The van der Waals surface area contributed by atoms with Gasteiger partial charge in [0.25, 0.3) is 5.91 Å². The Hall–Kier alpha value is -4.27. The van der Waals surface area contributed by atoms with Gasteiger partial charge in [-0.15, -0.1) is 0 Å². The number of nitrogens with zero attached hydrogens (tertiary/aromatic N) is 6. The Labute approximate surface area is 201 Å². The third-order valence-electron chi connectivity index (χ3n) is 5.77. The van der Waals surface area contributed by atoms with E-state index in [2.05, 4.69) is 24.9 Å². The van der Waals surface area contributed by atoms with E-state index in [1.165, 1.54) is 18.5 Å². The fourth-order valence-electron chi connectivity index (χ4n) is 4.12. The Morgan fingerprint density at radius 2 is 1.83 bits per heavy atom. The minimum absolute atomic E-state index is 0.181. The van der Waals surface area contributed by atoms with Gasteiger partial charge < -0.3 is 9.64 Å². The molecule has 35 heavy (non-hydrogen) atoms. The number of halogens is 1. The molecule has 3 aromatic heterocycles. The second-order valence-corrected chi connectivity index (χ2v) is 8.31. The summed E-state index contributed by atoms with van der Waals surface area (Å²) < 4.78 is 19.1. The lowest BCUT2D eigenvalue weighted by Crippen LogP contribution is -2.39. The molecule has 1 saturated heterocycles. The third kappa shape index (κ3) is 5.13. The smallest absolute Gasteiger partial charge is 0.273 e. The van der Waals surface area contributed by atoms with Crippen LogP contribution in [0.2, 0.25) is 0 Å². The number of carbonyl (C=O) groups excluding carboxylic acids is 1. The molecule has 176 valence electrons. The maximum Gasteiger partial charge on any atom is 0.273 e. The highest BCUT2D eigenvalue weighted by Gasteiger charge is 2.32. The van der Waals surface area contributed by atoms with E-state index in [1.807, 2.05) is 13.0 Å². The Balaban J connectivity index is 1.42. The molecular formula is C26H23FN6O2. The lowest BCUT2D eigenvalue weighted by atomic mass is 10.0. The van der Waals surface area contributed by atoms with Crippen molar-refractivity contribution >= 4 is 5.91 Å². The van der Waals surface area contributed by atoms with Crippen LogP contribution in [-0.4, -0.2) is 42.3 Å². The number of carbonyl (C=O) groups is 1. The molecule has 1 fully saturated rings. The van der Waals surface area contributed by atoms with E-state index >= 15 is 0 Å². The second kappa shape index (κ2) is 9.92. The van der Waals surface area contributed by atoms with Crippen LogP contribution in [0.25, 0.3) is 11.3 Å². The van der Waals surface area contributed by atoms with Gasteiger partial charge in [0, 0.05) is 36.3 Å². The standard InChI is InChI=1S/C26H23FN6O2/c1-17-13-24(35-20-10-8-19(27)9-11-20)32-25(30-17)23-7-2-3-12-33(23)26(34)22-6-4-5-21(31-22)18-14-28-16-29-15-18/h4-6,8-11,13-16,23H,2-3,7,12H2,1H3. The lowest BCUT2D eigenvalue weighted by molar-refractivity contribution is 0.0592. The van der Waals surface area contributed by atoms with Crippen molar-refractivity contribution in [1.29, 1.82) is 0 Å². The molecule has 4 aromatic rings. The number of likely N-dealkylation sites (tertiary alicyclic amines) is 1. The minimum Gasteiger partial charge on any atom is -0.439 e. The molecule has 0 aliphatic carbocycles. The first kappa shape index (κ1) is 22.5.